The van der Waals surface area contributed by atoms with Crippen LogP contribution in [-0.2, 0) is 4.74 Å². The van der Waals surface area contributed by atoms with Gasteiger partial charge < -0.3 is 24.4 Å². The van der Waals surface area contributed by atoms with Crippen LogP contribution in [0, 0.1) is 11.3 Å². The van der Waals surface area contributed by atoms with Crippen LogP contribution in [0.2, 0.25) is 0 Å². The molecule has 1 aromatic carbocycles. The molecule has 1 heterocycles. The van der Waals surface area contributed by atoms with E-state index < -0.39 is 36.0 Å². The highest BCUT2D eigenvalue weighted by Crippen LogP contribution is 2.39. The molecule has 1 fully saturated rings. The van der Waals surface area contributed by atoms with Crippen molar-refractivity contribution in [1.29, 1.82) is 0 Å². The van der Waals surface area contributed by atoms with Crippen molar-refractivity contribution in [3.63, 3.8) is 0 Å². The van der Waals surface area contributed by atoms with Crippen LogP contribution in [0.4, 0.5) is 18.0 Å². The normalized spacial score (nSPS) is 14.8. The monoisotopic (exact) mass is 470 g/mol. The highest BCUT2D eigenvalue weighted by molar-refractivity contribution is 5.88. The molecule has 1 atom stereocenters. The minimum atomic E-state index is -3.06. The van der Waals surface area contributed by atoms with Gasteiger partial charge in [0.1, 0.15) is 0 Å². The van der Waals surface area contributed by atoms with Crippen molar-refractivity contribution in [1.82, 2.24) is 4.98 Å². The van der Waals surface area contributed by atoms with Gasteiger partial charge in [-0.3, -0.25) is 4.79 Å². The summed E-state index contributed by atoms with van der Waals surface area (Å²) in [5, 5.41) is 0. The van der Waals surface area contributed by atoms with E-state index in [1.54, 1.807) is 0 Å². The standard InChI is InChI=1S/C22H25F3N2O6/c1-22(2,3)9-15(32-21(26)29)17-16(18(23)28)27-19(33-17)12-6-7-13(31-20(24)25)14(8-12)30-10-11-4-5-11/h6-8,11,15,20H,4-5,9-10H2,1-3H3,(H2,26,29)/t15-/m0/s1. The van der Waals surface area contributed by atoms with Crippen molar-refractivity contribution in [2.24, 2.45) is 17.1 Å². The van der Waals surface area contributed by atoms with Crippen molar-refractivity contribution in [2.75, 3.05) is 6.61 Å². The van der Waals surface area contributed by atoms with Crippen LogP contribution in [0.15, 0.2) is 22.6 Å². The van der Waals surface area contributed by atoms with Crippen LogP contribution in [0.5, 0.6) is 11.5 Å². The average molecular weight is 470 g/mol. The van der Waals surface area contributed by atoms with Crippen molar-refractivity contribution in [2.45, 2.75) is 52.7 Å². The quantitative estimate of drug-likeness (QED) is 0.462. The van der Waals surface area contributed by atoms with E-state index in [1.165, 1.54) is 18.2 Å². The summed E-state index contributed by atoms with van der Waals surface area (Å²) >= 11 is 0. The predicted molar refractivity (Wildman–Crippen MR) is 110 cm³/mol. The number of nitrogens with two attached hydrogens (primary N) is 1. The molecule has 0 spiro atoms. The Morgan fingerprint density at radius 2 is 1.94 bits per heavy atom. The lowest BCUT2D eigenvalue weighted by atomic mass is 9.88. The molecular weight excluding hydrogens is 445 g/mol. The van der Waals surface area contributed by atoms with Gasteiger partial charge in [-0.2, -0.15) is 13.2 Å². The zero-order chi connectivity index (χ0) is 24.3. The third kappa shape index (κ3) is 6.87. The van der Waals surface area contributed by atoms with E-state index in [0.29, 0.717) is 12.5 Å². The van der Waals surface area contributed by atoms with Crippen LogP contribution < -0.4 is 15.2 Å². The summed E-state index contributed by atoms with van der Waals surface area (Å²) in [6.07, 6.45) is -0.202. The van der Waals surface area contributed by atoms with Crippen LogP contribution in [0.1, 0.15) is 62.4 Å². The summed E-state index contributed by atoms with van der Waals surface area (Å²) in [5.74, 6) is -0.337. The van der Waals surface area contributed by atoms with Crippen molar-refractivity contribution >= 4 is 12.1 Å². The molecule has 1 saturated carbocycles. The molecule has 3 rings (SSSR count). The molecule has 0 aliphatic heterocycles. The van der Waals surface area contributed by atoms with Gasteiger partial charge in [-0.1, -0.05) is 20.8 Å². The van der Waals surface area contributed by atoms with Gasteiger partial charge in [-0.25, -0.2) is 9.78 Å². The first-order chi connectivity index (χ1) is 15.4. The number of rotatable bonds is 10. The van der Waals surface area contributed by atoms with Crippen LogP contribution in [0.3, 0.4) is 0 Å². The summed E-state index contributed by atoms with van der Waals surface area (Å²) in [7, 11) is 0. The molecule has 2 N–H and O–H groups in total. The van der Waals surface area contributed by atoms with E-state index >= 15 is 0 Å². The molecule has 8 nitrogen and oxygen atoms in total. The van der Waals surface area contributed by atoms with E-state index in [2.05, 4.69) is 9.72 Å². The van der Waals surface area contributed by atoms with Gasteiger partial charge in [0.2, 0.25) is 5.89 Å². The number of benzene rings is 1. The van der Waals surface area contributed by atoms with Gasteiger partial charge in [-0.05, 0) is 48.8 Å². The maximum absolute atomic E-state index is 13.8. The largest absolute Gasteiger partial charge is 0.489 e. The number of amides is 1. The van der Waals surface area contributed by atoms with Gasteiger partial charge in [0.25, 0.3) is 0 Å². The number of oxazole rings is 1. The summed E-state index contributed by atoms with van der Waals surface area (Å²) in [5.41, 5.74) is 4.26. The van der Waals surface area contributed by atoms with E-state index in [1.807, 2.05) is 20.8 Å². The number of ether oxygens (including phenoxy) is 3. The highest BCUT2D eigenvalue weighted by Gasteiger charge is 2.33. The first kappa shape index (κ1) is 24.4. The SMILES string of the molecule is CC(C)(C)C[C@H](OC(N)=O)c1oc(-c2ccc(OC(F)F)c(OCC3CC3)c2)nc1C(=O)F. The number of alkyl halides is 2. The Kier molecular flexibility index (Phi) is 7.19. The van der Waals surface area contributed by atoms with E-state index in [9.17, 15) is 22.8 Å². The lowest BCUT2D eigenvalue weighted by molar-refractivity contribution is -0.0515. The minimum Gasteiger partial charge on any atom is -0.489 e. The fraction of sp³-hybridized carbons (Fsp3) is 0.500. The molecule has 0 unspecified atom stereocenters. The Labute approximate surface area is 188 Å². The lowest BCUT2D eigenvalue weighted by Crippen LogP contribution is -2.22. The molecule has 11 heteroatoms. The van der Waals surface area contributed by atoms with Gasteiger partial charge in [0, 0.05) is 5.56 Å². The predicted octanol–water partition coefficient (Wildman–Crippen LogP) is 5.41. The number of hydrogen-bond donors (Lipinski definition) is 1. The van der Waals surface area contributed by atoms with Crippen molar-refractivity contribution < 1.29 is 41.4 Å². The second-order valence-corrected chi connectivity index (χ2v) is 8.99. The zero-order valence-corrected chi connectivity index (χ0v) is 18.4. The minimum absolute atomic E-state index is 0.0206. The van der Waals surface area contributed by atoms with Gasteiger partial charge >= 0.3 is 18.7 Å². The third-order valence-electron chi connectivity index (χ3n) is 4.77. The first-order valence-corrected chi connectivity index (χ1v) is 10.3. The molecule has 0 saturated heterocycles. The topological polar surface area (TPSA) is 114 Å². The van der Waals surface area contributed by atoms with E-state index in [-0.39, 0.29) is 35.1 Å². The molecule has 1 amide bonds. The van der Waals surface area contributed by atoms with Crippen molar-refractivity contribution in [3.05, 3.63) is 29.7 Å². The number of halogens is 3. The lowest BCUT2D eigenvalue weighted by Gasteiger charge is -2.24. The molecule has 0 bridgehead atoms. The van der Waals surface area contributed by atoms with Gasteiger partial charge in [0.15, 0.2) is 29.1 Å². The number of carbonyl (C=O) groups excluding carboxylic acids is 2. The Balaban J connectivity index is 2.00. The fourth-order valence-electron chi connectivity index (χ4n) is 3.14. The Morgan fingerprint density at radius 3 is 2.48 bits per heavy atom. The van der Waals surface area contributed by atoms with Gasteiger partial charge in [-0.15, -0.1) is 0 Å². The summed E-state index contributed by atoms with van der Waals surface area (Å²) in [6, 6.07) is 2.03. The van der Waals surface area contributed by atoms with E-state index in [0.717, 1.165) is 12.8 Å². The molecule has 1 aromatic heterocycles. The number of carbonyl (C=O) groups is 2. The summed E-state index contributed by atoms with van der Waals surface area (Å²) in [6.45, 7) is 2.76. The molecule has 0 radical (unpaired) electrons. The molecule has 1 aliphatic rings. The molecule has 180 valence electrons. The summed E-state index contributed by atoms with van der Waals surface area (Å²) in [4.78, 5) is 26.9. The van der Waals surface area contributed by atoms with Crippen LogP contribution in [0.25, 0.3) is 11.5 Å². The second-order valence-electron chi connectivity index (χ2n) is 8.99. The summed E-state index contributed by atoms with van der Waals surface area (Å²) < 4.78 is 60.2. The number of nitrogens with zero attached hydrogens (tertiary/aromatic N) is 1. The molecular formula is C22H25F3N2O6. The third-order valence-corrected chi connectivity index (χ3v) is 4.77. The molecule has 33 heavy (non-hydrogen) atoms. The Morgan fingerprint density at radius 1 is 1.24 bits per heavy atom. The Hall–Kier alpha value is -3.24. The van der Waals surface area contributed by atoms with Crippen LogP contribution >= 0.6 is 0 Å². The number of hydrogen-bond acceptors (Lipinski definition) is 7. The van der Waals surface area contributed by atoms with E-state index in [4.69, 9.17) is 19.6 Å². The number of aromatic nitrogens is 1. The first-order valence-electron chi connectivity index (χ1n) is 10.3. The second kappa shape index (κ2) is 9.72. The number of primary amides is 1. The van der Waals surface area contributed by atoms with Gasteiger partial charge in [0.05, 0.1) is 6.61 Å². The molecule has 1 aliphatic carbocycles. The van der Waals surface area contributed by atoms with Crippen molar-refractivity contribution in [3.8, 4) is 23.0 Å². The Bertz CT molecular complexity index is 1010. The average Bonchev–Trinajstić information content (AvgIpc) is 3.40. The fourth-order valence-corrected chi connectivity index (χ4v) is 3.14. The smallest absolute Gasteiger partial charge is 0.405 e. The molecule has 2 aromatic rings. The zero-order valence-electron chi connectivity index (χ0n) is 18.4. The van der Waals surface area contributed by atoms with Crippen LogP contribution in [-0.4, -0.2) is 30.3 Å². The highest BCUT2D eigenvalue weighted by atomic mass is 19.3. The maximum atomic E-state index is 13.8. The maximum Gasteiger partial charge on any atom is 0.405 e.